The van der Waals surface area contributed by atoms with E-state index in [4.69, 9.17) is 4.98 Å². The second-order valence-corrected chi connectivity index (χ2v) is 7.88. The van der Waals surface area contributed by atoms with E-state index in [1.54, 1.807) is 6.33 Å². The van der Waals surface area contributed by atoms with Crippen LogP contribution in [-0.2, 0) is 6.42 Å². The van der Waals surface area contributed by atoms with E-state index in [0.717, 1.165) is 47.3 Å². The van der Waals surface area contributed by atoms with Crippen LogP contribution in [0.1, 0.15) is 43.5 Å². The lowest BCUT2D eigenvalue weighted by Gasteiger charge is -2.10. The van der Waals surface area contributed by atoms with Gasteiger partial charge in [0.05, 0.1) is 5.69 Å². The van der Waals surface area contributed by atoms with Crippen molar-refractivity contribution >= 4 is 16.9 Å². The first-order chi connectivity index (χ1) is 12.8. The molecule has 0 atom stereocenters. The van der Waals surface area contributed by atoms with Gasteiger partial charge in [0.2, 0.25) is 0 Å². The molecule has 5 rings (SSSR count). The molecule has 0 saturated heterocycles. The summed E-state index contributed by atoms with van der Waals surface area (Å²) in [4.78, 5) is 17.2. The molecule has 26 heavy (non-hydrogen) atoms. The van der Waals surface area contributed by atoms with Gasteiger partial charge in [0.1, 0.15) is 17.8 Å². The number of hydrogen-bond acceptors (Lipinski definition) is 4. The van der Waals surface area contributed by atoms with Gasteiger partial charge in [-0.1, -0.05) is 12.8 Å². The molecule has 2 saturated carbocycles. The van der Waals surface area contributed by atoms with Crippen LogP contribution >= 0.6 is 0 Å². The maximum atomic E-state index is 4.76. The first-order valence-electron chi connectivity index (χ1n) is 9.81. The van der Waals surface area contributed by atoms with Crippen LogP contribution in [0.4, 0.5) is 5.82 Å². The van der Waals surface area contributed by atoms with Crippen LogP contribution in [-0.4, -0.2) is 26.5 Å². The number of nitrogens with zero attached hydrogens (tertiary/aromatic N) is 3. The molecule has 2 fully saturated rings. The first-order valence-corrected chi connectivity index (χ1v) is 9.81. The number of aryl methyl sites for hydroxylation is 1. The summed E-state index contributed by atoms with van der Waals surface area (Å²) in [6, 6.07) is 4.26. The van der Waals surface area contributed by atoms with Crippen LogP contribution in [0.2, 0.25) is 0 Å². The van der Waals surface area contributed by atoms with Gasteiger partial charge < -0.3 is 10.3 Å². The summed E-state index contributed by atoms with van der Waals surface area (Å²) >= 11 is 0. The number of fused-ring (bicyclic) bond motifs is 1. The van der Waals surface area contributed by atoms with Crippen molar-refractivity contribution in [3.8, 4) is 11.1 Å². The molecule has 2 N–H and O–H groups in total. The molecule has 5 nitrogen and oxygen atoms in total. The Morgan fingerprint density at radius 1 is 1.12 bits per heavy atom. The highest BCUT2D eigenvalue weighted by molar-refractivity contribution is 5.95. The monoisotopic (exact) mass is 347 g/mol. The fraction of sp³-hybridized carbons (Fsp3) is 0.476. The zero-order valence-electron chi connectivity index (χ0n) is 15.3. The Hall–Kier alpha value is -2.43. The van der Waals surface area contributed by atoms with Crippen molar-refractivity contribution in [3.63, 3.8) is 0 Å². The van der Waals surface area contributed by atoms with Crippen molar-refractivity contribution in [3.05, 3.63) is 36.0 Å². The van der Waals surface area contributed by atoms with Gasteiger partial charge in [-0.05, 0) is 56.6 Å². The number of nitrogens with one attached hydrogen (secondary N) is 2. The summed E-state index contributed by atoms with van der Waals surface area (Å²) in [6.45, 7) is 3.08. The summed E-state index contributed by atoms with van der Waals surface area (Å²) in [6.07, 6.45) is 11.5. The minimum atomic E-state index is 0.800. The third-order valence-electron chi connectivity index (χ3n) is 5.66. The third-order valence-corrected chi connectivity index (χ3v) is 5.66. The van der Waals surface area contributed by atoms with Crippen molar-refractivity contribution in [2.24, 2.45) is 11.8 Å². The molecule has 5 heteroatoms. The minimum absolute atomic E-state index is 0.800. The lowest BCUT2D eigenvalue weighted by molar-refractivity contribution is 0.758. The highest BCUT2D eigenvalue weighted by atomic mass is 15.0. The molecule has 0 aromatic carbocycles. The average molecular weight is 347 g/mol. The van der Waals surface area contributed by atoms with E-state index in [-0.39, 0.29) is 0 Å². The van der Waals surface area contributed by atoms with E-state index in [2.05, 4.69) is 45.5 Å². The van der Waals surface area contributed by atoms with Crippen LogP contribution < -0.4 is 5.32 Å². The summed E-state index contributed by atoms with van der Waals surface area (Å²) in [7, 11) is 0. The van der Waals surface area contributed by atoms with E-state index < -0.39 is 0 Å². The maximum absolute atomic E-state index is 4.76. The van der Waals surface area contributed by atoms with Crippen molar-refractivity contribution in [1.82, 2.24) is 19.9 Å². The third kappa shape index (κ3) is 3.18. The number of rotatable bonds is 7. The van der Waals surface area contributed by atoms with Crippen LogP contribution in [0.5, 0.6) is 0 Å². The van der Waals surface area contributed by atoms with Crippen molar-refractivity contribution < 1.29 is 0 Å². The lowest BCUT2D eigenvalue weighted by atomic mass is 9.99. The highest BCUT2D eigenvalue weighted by Gasteiger charge is 2.25. The molecule has 0 spiro atoms. The molecular weight excluding hydrogens is 322 g/mol. The van der Waals surface area contributed by atoms with Gasteiger partial charge in [-0.2, -0.15) is 0 Å². The van der Waals surface area contributed by atoms with Gasteiger partial charge in [0.15, 0.2) is 0 Å². The van der Waals surface area contributed by atoms with Gasteiger partial charge in [0.25, 0.3) is 0 Å². The minimum Gasteiger partial charge on any atom is -0.370 e. The predicted octanol–water partition coefficient (Wildman–Crippen LogP) is 4.49. The second-order valence-electron chi connectivity index (χ2n) is 7.88. The summed E-state index contributed by atoms with van der Waals surface area (Å²) in [5.74, 6) is 2.69. The smallest absolute Gasteiger partial charge is 0.140 e. The Balaban J connectivity index is 1.45. The number of pyridine rings is 1. The van der Waals surface area contributed by atoms with E-state index in [1.165, 1.54) is 48.9 Å². The zero-order chi connectivity index (χ0) is 17.5. The summed E-state index contributed by atoms with van der Waals surface area (Å²) < 4.78 is 0. The van der Waals surface area contributed by atoms with Gasteiger partial charge >= 0.3 is 0 Å². The first kappa shape index (κ1) is 15.8. The maximum Gasteiger partial charge on any atom is 0.140 e. The predicted molar refractivity (Wildman–Crippen MR) is 104 cm³/mol. The zero-order valence-corrected chi connectivity index (χ0v) is 15.3. The lowest BCUT2D eigenvalue weighted by Crippen LogP contribution is -2.03. The normalized spacial score (nSPS) is 17.0. The Morgan fingerprint density at radius 2 is 1.96 bits per heavy atom. The Labute approximate surface area is 153 Å². The number of hydrogen-bond donors (Lipinski definition) is 2. The molecule has 0 unspecified atom stereocenters. The Bertz CT molecular complexity index is 937. The van der Waals surface area contributed by atoms with Gasteiger partial charge in [0, 0.05) is 34.9 Å². The fourth-order valence-electron chi connectivity index (χ4n) is 3.74. The molecule has 0 aliphatic heterocycles. The SMILES string of the molecule is Cc1ncnc(CC2CC2)c1-c1c[nH]c2nc(NCCC3CC3)ccc12. The number of H-pyrrole nitrogens is 1. The molecule has 2 aliphatic carbocycles. The van der Waals surface area contributed by atoms with Crippen LogP contribution in [0.25, 0.3) is 22.2 Å². The van der Waals surface area contributed by atoms with Crippen LogP contribution in [0, 0.1) is 18.8 Å². The Kier molecular flexibility index (Phi) is 3.88. The van der Waals surface area contributed by atoms with E-state index in [0.29, 0.717) is 0 Å². The molecule has 0 amide bonds. The molecular formula is C21H25N5. The largest absolute Gasteiger partial charge is 0.370 e. The van der Waals surface area contributed by atoms with Crippen LogP contribution in [0.3, 0.4) is 0 Å². The molecule has 0 radical (unpaired) electrons. The van der Waals surface area contributed by atoms with E-state index >= 15 is 0 Å². The molecule has 3 aromatic rings. The standard InChI is InChI=1S/C21H25N5/c1-13-20(18(25-12-24-13)10-15-4-5-15)17-11-23-21-16(17)6-7-19(26-21)22-9-8-14-2-3-14/h6-7,11-12,14-15H,2-5,8-10H2,1H3,(H2,22,23,26). The van der Waals surface area contributed by atoms with Crippen LogP contribution in [0.15, 0.2) is 24.7 Å². The highest BCUT2D eigenvalue weighted by Crippen LogP contribution is 2.37. The Morgan fingerprint density at radius 3 is 2.77 bits per heavy atom. The average Bonchev–Trinajstić information content (AvgIpc) is 3.56. The van der Waals surface area contributed by atoms with Crippen molar-refractivity contribution in [2.45, 2.75) is 45.4 Å². The topological polar surface area (TPSA) is 66.5 Å². The number of anilines is 1. The second kappa shape index (κ2) is 6.38. The molecule has 3 aromatic heterocycles. The van der Waals surface area contributed by atoms with Crippen molar-refractivity contribution in [1.29, 1.82) is 0 Å². The number of aromatic nitrogens is 4. The van der Waals surface area contributed by atoms with Crippen molar-refractivity contribution in [2.75, 3.05) is 11.9 Å². The van der Waals surface area contributed by atoms with Gasteiger partial charge in [-0.15, -0.1) is 0 Å². The molecule has 3 heterocycles. The molecule has 134 valence electrons. The molecule has 2 aliphatic rings. The fourth-order valence-corrected chi connectivity index (χ4v) is 3.74. The van der Waals surface area contributed by atoms with Gasteiger partial charge in [-0.3, -0.25) is 0 Å². The number of aromatic amines is 1. The summed E-state index contributed by atoms with van der Waals surface area (Å²) in [5, 5.41) is 4.60. The summed E-state index contributed by atoms with van der Waals surface area (Å²) in [5.41, 5.74) is 5.50. The van der Waals surface area contributed by atoms with Gasteiger partial charge in [-0.25, -0.2) is 15.0 Å². The van der Waals surface area contributed by atoms with E-state index in [9.17, 15) is 0 Å². The quantitative estimate of drug-likeness (QED) is 0.661. The molecule has 0 bridgehead atoms. The van der Waals surface area contributed by atoms with E-state index in [1.807, 2.05) is 0 Å².